The van der Waals surface area contributed by atoms with Crippen molar-refractivity contribution in [1.29, 1.82) is 0 Å². The molecule has 0 amide bonds. The Morgan fingerprint density at radius 1 is 1.31 bits per heavy atom. The number of hydrogen-bond donors (Lipinski definition) is 3. The van der Waals surface area contributed by atoms with E-state index < -0.39 is 0 Å². The van der Waals surface area contributed by atoms with E-state index in [0.717, 1.165) is 0 Å². The lowest BCUT2D eigenvalue weighted by Crippen LogP contribution is -2.04. The van der Waals surface area contributed by atoms with E-state index in [9.17, 15) is 0 Å². The highest BCUT2D eigenvalue weighted by molar-refractivity contribution is 6.42. The van der Waals surface area contributed by atoms with Crippen LogP contribution in [0, 0.1) is 0 Å². The quantitative estimate of drug-likeness (QED) is 0.738. The van der Waals surface area contributed by atoms with E-state index in [1.54, 1.807) is 12.1 Å². The third-order valence-corrected chi connectivity index (χ3v) is 2.73. The van der Waals surface area contributed by atoms with Crippen molar-refractivity contribution in [2.24, 2.45) is 0 Å². The summed E-state index contributed by atoms with van der Waals surface area (Å²) in [5.74, 6) is 0.713. The fraction of sp³-hybridized carbons (Fsp3) is 0.111. The number of halogens is 2. The number of nitrogen functional groups attached to an aromatic ring is 1. The minimum absolute atomic E-state index is 0.435. The first-order valence-electron chi connectivity index (χ1n) is 4.49. The first-order chi connectivity index (χ1) is 7.66. The van der Waals surface area contributed by atoms with E-state index in [2.05, 4.69) is 20.5 Å². The summed E-state index contributed by atoms with van der Waals surface area (Å²) in [5.41, 5.74) is 7.03. The lowest BCUT2D eigenvalue weighted by molar-refractivity contribution is 0.955. The fourth-order valence-corrected chi connectivity index (χ4v) is 1.55. The highest BCUT2D eigenvalue weighted by atomic mass is 35.5. The molecule has 0 aliphatic rings. The van der Waals surface area contributed by atoms with Crippen LogP contribution in [0.3, 0.4) is 0 Å². The lowest BCUT2D eigenvalue weighted by atomic mass is 10.2. The van der Waals surface area contributed by atoms with Gasteiger partial charge in [0.05, 0.1) is 28.0 Å². The number of aromatic amines is 1. The van der Waals surface area contributed by atoms with Crippen molar-refractivity contribution in [2.45, 2.75) is 6.54 Å². The highest BCUT2D eigenvalue weighted by Crippen LogP contribution is 2.30. The van der Waals surface area contributed by atoms with E-state index in [1.165, 1.54) is 6.33 Å². The molecule has 2 aromatic rings. The summed E-state index contributed by atoms with van der Waals surface area (Å²) in [7, 11) is 0. The Kier molecular flexibility index (Phi) is 3.17. The Morgan fingerprint density at radius 2 is 2.06 bits per heavy atom. The van der Waals surface area contributed by atoms with E-state index in [4.69, 9.17) is 28.9 Å². The van der Waals surface area contributed by atoms with Crippen LogP contribution in [-0.4, -0.2) is 15.2 Å². The van der Waals surface area contributed by atoms with Gasteiger partial charge in [-0.3, -0.25) is 5.10 Å². The molecule has 1 aromatic carbocycles. The van der Waals surface area contributed by atoms with Crippen LogP contribution in [0.1, 0.15) is 5.82 Å². The molecule has 0 spiro atoms. The van der Waals surface area contributed by atoms with Crippen LogP contribution in [0.15, 0.2) is 18.5 Å². The highest BCUT2D eigenvalue weighted by Gasteiger charge is 2.05. The van der Waals surface area contributed by atoms with Crippen LogP contribution in [0.25, 0.3) is 0 Å². The Morgan fingerprint density at radius 3 is 2.75 bits per heavy atom. The minimum Gasteiger partial charge on any atom is -0.397 e. The van der Waals surface area contributed by atoms with Gasteiger partial charge in [-0.15, -0.1) is 0 Å². The summed E-state index contributed by atoms with van der Waals surface area (Å²) in [4.78, 5) is 3.97. The molecule has 0 radical (unpaired) electrons. The topological polar surface area (TPSA) is 79.6 Å². The molecule has 4 N–H and O–H groups in total. The predicted octanol–water partition coefficient (Wildman–Crippen LogP) is 2.31. The van der Waals surface area contributed by atoms with Gasteiger partial charge in [-0.25, -0.2) is 4.98 Å². The second-order valence-corrected chi connectivity index (χ2v) is 3.95. The predicted molar refractivity (Wildman–Crippen MR) is 64.6 cm³/mol. The Labute approximate surface area is 102 Å². The standard InChI is InChI=1S/C9H9Cl2N5/c10-5-1-7(12)8(2-6(5)11)13-3-9-14-4-15-16-9/h1-2,4,13H,3,12H2,(H,14,15,16). The monoisotopic (exact) mass is 257 g/mol. The molecule has 2 rings (SSSR count). The van der Waals surface area contributed by atoms with Crippen molar-refractivity contribution in [3.8, 4) is 0 Å². The second kappa shape index (κ2) is 4.59. The van der Waals surface area contributed by atoms with Gasteiger partial charge in [0.2, 0.25) is 0 Å². The summed E-state index contributed by atoms with van der Waals surface area (Å²) in [5, 5.41) is 10.4. The fourth-order valence-electron chi connectivity index (χ4n) is 1.21. The van der Waals surface area contributed by atoms with Gasteiger partial charge >= 0.3 is 0 Å². The lowest BCUT2D eigenvalue weighted by Gasteiger charge is -2.09. The molecule has 16 heavy (non-hydrogen) atoms. The van der Waals surface area contributed by atoms with Crippen LogP contribution in [0.2, 0.25) is 10.0 Å². The zero-order valence-electron chi connectivity index (χ0n) is 8.17. The zero-order valence-corrected chi connectivity index (χ0v) is 9.68. The van der Waals surface area contributed by atoms with Crippen LogP contribution in [0.5, 0.6) is 0 Å². The largest absolute Gasteiger partial charge is 0.397 e. The molecule has 0 unspecified atom stereocenters. The number of aromatic nitrogens is 3. The average molecular weight is 258 g/mol. The average Bonchev–Trinajstić information content (AvgIpc) is 2.74. The SMILES string of the molecule is Nc1cc(Cl)c(Cl)cc1NCc1ncn[nH]1. The van der Waals surface area contributed by atoms with Crippen molar-refractivity contribution >= 4 is 34.6 Å². The van der Waals surface area contributed by atoms with E-state index in [0.29, 0.717) is 33.8 Å². The number of nitrogens with two attached hydrogens (primary N) is 1. The molecular formula is C9H9Cl2N5. The van der Waals surface area contributed by atoms with Crippen LogP contribution in [-0.2, 0) is 6.54 Å². The molecule has 7 heteroatoms. The molecular weight excluding hydrogens is 249 g/mol. The van der Waals surface area contributed by atoms with E-state index >= 15 is 0 Å². The summed E-state index contributed by atoms with van der Waals surface area (Å²) in [6, 6.07) is 3.28. The maximum atomic E-state index is 5.88. The molecule has 0 saturated carbocycles. The van der Waals surface area contributed by atoms with Gasteiger partial charge in [-0.2, -0.15) is 5.10 Å². The van der Waals surface area contributed by atoms with E-state index in [-0.39, 0.29) is 0 Å². The van der Waals surface area contributed by atoms with Gasteiger partial charge in [0, 0.05) is 0 Å². The number of H-pyrrole nitrogens is 1. The number of rotatable bonds is 3. The Hall–Kier alpha value is -1.46. The van der Waals surface area contributed by atoms with Gasteiger partial charge in [-0.1, -0.05) is 23.2 Å². The van der Waals surface area contributed by atoms with Crippen molar-refractivity contribution in [3.05, 3.63) is 34.3 Å². The van der Waals surface area contributed by atoms with Gasteiger partial charge in [0.25, 0.3) is 0 Å². The third-order valence-electron chi connectivity index (χ3n) is 2.00. The molecule has 0 fully saturated rings. The van der Waals surface area contributed by atoms with Crippen molar-refractivity contribution < 1.29 is 0 Å². The molecule has 0 aliphatic carbocycles. The number of anilines is 2. The molecule has 84 valence electrons. The van der Waals surface area contributed by atoms with Gasteiger partial charge < -0.3 is 11.1 Å². The van der Waals surface area contributed by atoms with Gasteiger partial charge in [0.15, 0.2) is 0 Å². The second-order valence-electron chi connectivity index (χ2n) is 3.14. The first kappa shape index (κ1) is 11.0. The Balaban J connectivity index is 2.12. The number of benzene rings is 1. The molecule has 0 atom stereocenters. The summed E-state index contributed by atoms with van der Waals surface area (Å²) < 4.78 is 0. The number of nitrogens with one attached hydrogen (secondary N) is 2. The number of nitrogens with zero attached hydrogens (tertiary/aromatic N) is 2. The Bertz CT molecular complexity index is 483. The molecule has 1 heterocycles. The molecule has 1 aromatic heterocycles. The van der Waals surface area contributed by atoms with Crippen molar-refractivity contribution in [3.63, 3.8) is 0 Å². The van der Waals surface area contributed by atoms with Gasteiger partial charge in [0.1, 0.15) is 12.2 Å². The van der Waals surface area contributed by atoms with E-state index in [1.807, 2.05) is 0 Å². The van der Waals surface area contributed by atoms with Crippen LogP contribution in [0.4, 0.5) is 11.4 Å². The van der Waals surface area contributed by atoms with Gasteiger partial charge in [-0.05, 0) is 12.1 Å². The number of hydrogen-bond acceptors (Lipinski definition) is 4. The maximum absolute atomic E-state index is 5.88. The van der Waals surface area contributed by atoms with Crippen molar-refractivity contribution in [2.75, 3.05) is 11.1 Å². The van der Waals surface area contributed by atoms with Crippen molar-refractivity contribution in [1.82, 2.24) is 15.2 Å². The zero-order chi connectivity index (χ0) is 11.5. The first-order valence-corrected chi connectivity index (χ1v) is 5.25. The van der Waals surface area contributed by atoms with Crippen LogP contribution >= 0.6 is 23.2 Å². The smallest absolute Gasteiger partial charge is 0.143 e. The minimum atomic E-state index is 0.435. The third kappa shape index (κ3) is 2.37. The summed E-state index contributed by atoms with van der Waals surface area (Å²) in [6.07, 6.45) is 1.44. The summed E-state index contributed by atoms with van der Waals surface area (Å²) in [6.45, 7) is 0.488. The van der Waals surface area contributed by atoms with Crippen LogP contribution < -0.4 is 11.1 Å². The molecule has 0 aliphatic heterocycles. The molecule has 5 nitrogen and oxygen atoms in total. The molecule has 0 bridgehead atoms. The maximum Gasteiger partial charge on any atom is 0.143 e. The summed E-state index contributed by atoms with van der Waals surface area (Å²) >= 11 is 11.7. The molecule has 0 saturated heterocycles. The normalized spacial score (nSPS) is 10.4.